The van der Waals surface area contributed by atoms with E-state index in [2.05, 4.69) is 4.81 Å². The number of aldehydes is 1. The van der Waals surface area contributed by atoms with Crippen LogP contribution in [-0.2, 0) is 4.79 Å². The zero-order chi connectivity index (χ0) is 7.42. The van der Waals surface area contributed by atoms with Crippen molar-refractivity contribution in [2.45, 2.75) is 37.6 Å². The molecule has 2 nitrogen and oxygen atoms in total. The van der Waals surface area contributed by atoms with Crippen molar-refractivity contribution >= 4 is 13.1 Å². The van der Waals surface area contributed by atoms with Gasteiger partial charge in [0.1, 0.15) is 6.29 Å². The molecule has 0 bridgehead atoms. The van der Waals surface area contributed by atoms with Crippen molar-refractivity contribution in [1.29, 1.82) is 0 Å². The van der Waals surface area contributed by atoms with Crippen LogP contribution < -0.4 is 0 Å². The van der Waals surface area contributed by atoms with E-state index in [4.69, 9.17) is 0 Å². The fourth-order valence-corrected chi connectivity index (χ4v) is 3.17. The van der Waals surface area contributed by atoms with Gasteiger partial charge in [-0.25, -0.2) is 0 Å². The maximum atomic E-state index is 10.6. The summed E-state index contributed by atoms with van der Waals surface area (Å²) in [6.45, 7) is 0.928. The van der Waals surface area contributed by atoms with Crippen molar-refractivity contribution in [3.63, 3.8) is 0 Å². The summed E-state index contributed by atoms with van der Waals surface area (Å²) in [6.07, 6.45) is 6.22. The monoisotopic (exact) mass is 149 g/mol. The summed E-state index contributed by atoms with van der Waals surface area (Å²) < 4.78 is 0. The van der Waals surface area contributed by atoms with Crippen molar-refractivity contribution < 1.29 is 4.79 Å². The molecular weight excluding hydrogens is 137 g/mol. The fraction of sp³-hybridized carbons (Fsp3) is 0.875. The molecule has 3 heteroatoms. The summed E-state index contributed by atoms with van der Waals surface area (Å²) in [5, 5.41) is 0. The second kappa shape index (κ2) is 1.89. The van der Waals surface area contributed by atoms with Gasteiger partial charge in [-0.05, 0) is 37.6 Å². The largest absolute Gasteiger partial charge is 0.337 e. The minimum Gasteiger partial charge on any atom is -0.337 e. The van der Waals surface area contributed by atoms with Crippen LogP contribution in [0.25, 0.3) is 0 Å². The van der Waals surface area contributed by atoms with Crippen LogP contribution in [0.4, 0.5) is 0 Å². The average Bonchev–Trinajstić information content (AvgIpc) is 1.92. The maximum absolute atomic E-state index is 10.6. The third-order valence-corrected chi connectivity index (χ3v) is 3.70. The van der Waals surface area contributed by atoms with Crippen LogP contribution in [0.15, 0.2) is 0 Å². The first-order valence-corrected chi connectivity index (χ1v) is 4.61. The molecule has 3 aliphatic heterocycles. The highest BCUT2D eigenvalue weighted by Crippen LogP contribution is 2.48. The number of nitrogens with zero attached hydrogens (tertiary/aromatic N) is 1. The van der Waals surface area contributed by atoms with E-state index >= 15 is 0 Å². The van der Waals surface area contributed by atoms with Crippen LogP contribution >= 0.6 is 0 Å². The summed E-state index contributed by atoms with van der Waals surface area (Å²) in [6, 6.07) is 1.59. The molecule has 0 aliphatic carbocycles. The van der Waals surface area contributed by atoms with Crippen molar-refractivity contribution in [2.24, 2.45) is 5.92 Å². The summed E-state index contributed by atoms with van der Waals surface area (Å²) in [4.78, 5) is 13.2. The lowest BCUT2D eigenvalue weighted by atomic mass is 9.33. The molecule has 2 unspecified atom stereocenters. The van der Waals surface area contributed by atoms with Gasteiger partial charge in [0.2, 0.25) is 6.85 Å². The van der Waals surface area contributed by atoms with Crippen molar-refractivity contribution in [3.8, 4) is 0 Å². The molecule has 0 spiro atoms. The second-order valence-electron chi connectivity index (χ2n) is 4.25. The van der Waals surface area contributed by atoms with Crippen molar-refractivity contribution in [3.05, 3.63) is 0 Å². The van der Waals surface area contributed by atoms with Crippen molar-refractivity contribution in [2.75, 3.05) is 0 Å². The third-order valence-electron chi connectivity index (χ3n) is 3.70. The van der Waals surface area contributed by atoms with Gasteiger partial charge in [-0.15, -0.1) is 0 Å². The smallest absolute Gasteiger partial charge is 0.226 e. The van der Waals surface area contributed by atoms with Crippen LogP contribution in [0.1, 0.15) is 12.8 Å². The van der Waals surface area contributed by atoms with Gasteiger partial charge in [-0.3, -0.25) is 0 Å². The second-order valence-corrected chi connectivity index (χ2v) is 4.25. The molecule has 11 heavy (non-hydrogen) atoms. The SMILES string of the molecule is O=CC1CC2CB3CC(C1)N32. The fourth-order valence-electron chi connectivity index (χ4n) is 3.17. The minimum atomic E-state index is 0.391. The first-order chi connectivity index (χ1) is 5.38. The molecule has 3 rings (SSSR count). The highest BCUT2D eigenvalue weighted by atomic mass is 16.1. The van der Waals surface area contributed by atoms with E-state index < -0.39 is 0 Å². The number of carbonyl (C=O) groups excluding carboxylic acids is 1. The number of piperidine rings is 1. The molecule has 0 aromatic carbocycles. The number of carbonyl (C=O) groups is 1. The van der Waals surface area contributed by atoms with E-state index in [0.29, 0.717) is 5.92 Å². The summed E-state index contributed by atoms with van der Waals surface area (Å²) >= 11 is 0. The van der Waals surface area contributed by atoms with Gasteiger partial charge < -0.3 is 9.61 Å². The zero-order valence-electron chi connectivity index (χ0n) is 6.57. The van der Waals surface area contributed by atoms with Gasteiger partial charge >= 0.3 is 0 Å². The van der Waals surface area contributed by atoms with Gasteiger partial charge in [0, 0.05) is 5.92 Å². The first-order valence-electron chi connectivity index (χ1n) is 4.61. The number of hydrogen-bond donors (Lipinski definition) is 0. The van der Waals surface area contributed by atoms with E-state index in [1.165, 1.54) is 18.9 Å². The Labute approximate surface area is 67.0 Å². The lowest BCUT2D eigenvalue weighted by molar-refractivity contribution is -0.113. The van der Waals surface area contributed by atoms with E-state index in [-0.39, 0.29) is 0 Å². The van der Waals surface area contributed by atoms with Crippen LogP contribution in [0.2, 0.25) is 12.6 Å². The summed E-state index contributed by atoms with van der Waals surface area (Å²) in [5.41, 5.74) is 0. The van der Waals surface area contributed by atoms with E-state index in [0.717, 1.165) is 31.8 Å². The topological polar surface area (TPSA) is 20.3 Å². The van der Waals surface area contributed by atoms with Gasteiger partial charge in [0.25, 0.3) is 0 Å². The predicted molar refractivity (Wildman–Crippen MR) is 43.6 cm³/mol. The van der Waals surface area contributed by atoms with Gasteiger partial charge in [0.15, 0.2) is 0 Å². The highest BCUT2D eigenvalue weighted by molar-refractivity contribution is 6.62. The molecule has 0 aromatic heterocycles. The molecule has 2 atom stereocenters. The predicted octanol–water partition coefficient (Wildman–Crippen LogP) is 0.653. The Morgan fingerprint density at radius 3 is 2.36 bits per heavy atom. The van der Waals surface area contributed by atoms with Crippen molar-refractivity contribution in [1.82, 2.24) is 4.81 Å². The molecule has 0 amide bonds. The Balaban J connectivity index is 1.77. The molecule has 3 saturated heterocycles. The molecule has 58 valence electrons. The lowest BCUT2D eigenvalue weighted by Crippen LogP contribution is -2.74. The molecule has 0 N–H and O–H groups in total. The Kier molecular flexibility index (Phi) is 1.07. The van der Waals surface area contributed by atoms with E-state index in [1.807, 2.05) is 0 Å². The number of hydrogen-bond acceptors (Lipinski definition) is 2. The van der Waals surface area contributed by atoms with Crippen LogP contribution in [0.5, 0.6) is 0 Å². The Hall–Kier alpha value is -0.305. The van der Waals surface area contributed by atoms with Crippen LogP contribution in [-0.4, -0.2) is 30.0 Å². The Bertz CT molecular complexity index is 192. The maximum Gasteiger partial charge on any atom is 0.226 e. The number of rotatable bonds is 1. The van der Waals surface area contributed by atoms with E-state index in [1.54, 1.807) is 0 Å². The molecule has 3 aliphatic rings. The normalized spacial score (nSPS) is 47.3. The lowest BCUT2D eigenvalue weighted by Gasteiger charge is -2.64. The molecule has 0 radical (unpaired) electrons. The highest BCUT2D eigenvalue weighted by Gasteiger charge is 2.56. The van der Waals surface area contributed by atoms with Gasteiger partial charge in [-0.1, -0.05) is 0 Å². The van der Waals surface area contributed by atoms with Gasteiger partial charge in [-0.2, -0.15) is 0 Å². The molecule has 3 fully saturated rings. The molecule has 0 aromatic rings. The standard InChI is InChI=1S/C8H12BNO/c11-5-6-1-7-3-9-4-8(2-6)10(7)9/h5-8H,1-4H2. The van der Waals surface area contributed by atoms with Crippen LogP contribution in [0.3, 0.4) is 0 Å². The van der Waals surface area contributed by atoms with Crippen LogP contribution in [0, 0.1) is 5.92 Å². The molecule has 3 heterocycles. The molecular formula is C8H12BNO. The van der Waals surface area contributed by atoms with E-state index in [9.17, 15) is 4.79 Å². The van der Waals surface area contributed by atoms with Gasteiger partial charge in [0.05, 0.1) is 0 Å². The molecule has 0 saturated carbocycles. The zero-order valence-corrected chi connectivity index (χ0v) is 6.57. The quantitative estimate of drug-likeness (QED) is 0.403. The Morgan fingerprint density at radius 2 is 1.91 bits per heavy atom. The average molecular weight is 149 g/mol. The minimum absolute atomic E-state index is 0.391. The summed E-state index contributed by atoms with van der Waals surface area (Å²) in [5.74, 6) is 0.391. The summed E-state index contributed by atoms with van der Waals surface area (Å²) in [7, 11) is 0. The first kappa shape index (κ1) is 6.24. The third kappa shape index (κ3) is 0.651. The Morgan fingerprint density at radius 1 is 1.27 bits per heavy atom.